The van der Waals surface area contributed by atoms with Crippen LogP contribution in [0.15, 0.2) is 47.4 Å². The van der Waals surface area contributed by atoms with Crippen molar-refractivity contribution in [2.45, 2.75) is 6.54 Å². The van der Waals surface area contributed by atoms with Crippen LogP contribution in [0.3, 0.4) is 0 Å². The zero-order valence-electron chi connectivity index (χ0n) is 9.97. The second kappa shape index (κ2) is 5.34. The van der Waals surface area contributed by atoms with Crippen molar-refractivity contribution >= 4 is 17.3 Å². The van der Waals surface area contributed by atoms with Gasteiger partial charge in [0.05, 0.1) is 5.69 Å². The molecule has 2 aromatic rings. The maximum atomic E-state index is 13.4. The molecule has 0 saturated carbocycles. The van der Waals surface area contributed by atoms with E-state index in [-0.39, 0.29) is 17.8 Å². The van der Waals surface area contributed by atoms with Crippen molar-refractivity contribution in [3.8, 4) is 0 Å². The Kier molecular flexibility index (Phi) is 3.61. The third-order valence-corrected chi connectivity index (χ3v) is 2.48. The second-order valence-electron chi connectivity index (χ2n) is 3.95. The van der Waals surface area contributed by atoms with Crippen molar-refractivity contribution in [2.24, 2.45) is 0 Å². The summed E-state index contributed by atoms with van der Waals surface area (Å²) in [6.45, 7) is -0.187. The maximum Gasteiger partial charge on any atom is 0.250 e. The number of anilines is 2. The van der Waals surface area contributed by atoms with Gasteiger partial charge in [-0.25, -0.2) is 4.39 Å². The van der Waals surface area contributed by atoms with Crippen molar-refractivity contribution in [2.75, 3.05) is 11.1 Å². The number of amides is 1. The number of carbonyl (C=O) groups excluding carboxylic acids is 1. The molecular weight excluding hydrogens is 249 g/mol. The van der Waals surface area contributed by atoms with Crippen LogP contribution in [0, 0.1) is 5.82 Å². The summed E-state index contributed by atoms with van der Waals surface area (Å²) < 4.78 is 14.6. The number of aromatic nitrogens is 1. The normalized spacial score (nSPS) is 10.2. The van der Waals surface area contributed by atoms with Crippen molar-refractivity contribution in [1.82, 2.24) is 4.57 Å². The van der Waals surface area contributed by atoms with Gasteiger partial charge in [-0.1, -0.05) is 6.07 Å². The van der Waals surface area contributed by atoms with Gasteiger partial charge in [0.2, 0.25) is 5.91 Å². The summed E-state index contributed by atoms with van der Waals surface area (Å²) in [6, 6.07) is 8.44. The Labute approximate surface area is 108 Å². The van der Waals surface area contributed by atoms with Crippen LogP contribution >= 0.6 is 0 Å². The number of hydrogen-bond donors (Lipinski definition) is 2. The summed E-state index contributed by atoms with van der Waals surface area (Å²) in [5, 5.41) is 2.37. The van der Waals surface area contributed by atoms with Crippen molar-refractivity contribution in [1.29, 1.82) is 0 Å². The monoisotopic (exact) mass is 261 g/mol. The molecule has 0 aliphatic heterocycles. The predicted molar refractivity (Wildman–Crippen MR) is 70.1 cm³/mol. The number of rotatable bonds is 3. The number of nitrogens with zero attached hydrogens (tertiary/aromatic N) is 1. The lowest BCUT2D eigenvalue weighted by Crippen LogP contribution is -2.26. The van der Waals surface area contributed by atoms with Crippen molar-refractivity contribution in [3.05, 3.63) is 58.8 Å². The molecule has 0 aliphatic carbocycles. The highest BCUT2D eigenvalue weighted by atomic mass is 19.1. The largest absolute Gasteiger partial charge is 0.399 e. The van der Waals surface area contributed by atoms with E-state index in [1.165, 1.54) is 35.0 Å². The molecule has 98 valence electrons. The molecule has 1 heterocycles. The Morgan fingerprint density at radius 1 is 1.32 bits per heavy atom. The molecule has 0 fully saturated rings. The van der Waals surface area contributed by atoms with E-state index >= 15 is 0 Å². The van der Waals surface area contributed by atoms with Gasteiger partial charge in [-0.15, -0.1) is 0 Å². The van der Waals surface area contributed by atoms with Gasteiger partial charge in [0.25, 0.3) is 5.56 Å². The number of nitrogens with one attached hydrogen (secondary N) is 1. The van der Waals surface area contributed by atoms with Crippen LogP contribution in [-0.4, -0.2) is 10.5 Å². The summed E-state index contributed by atoms with van der Waals surface area (Å²) in [5.41, 5.74) is 5.54. The summed E-state index contributed by atoms with van der Waals surface area (Å²) >= 11 is 0. The topological polar surface area (TPSA) is 77.1 Å². The third-order valence-electron chi connectivity index (χ3n) is 2.48. The molecule has 0 unspecified atom stereocenters. The molecule has 3 N–H and O–H groups in total. The van der Waals surface area contributed by atoms with E-state index in [1.807, 2.05) is 0 Å². The molecule has 1 aromatic heterocycles. The first-order valence-corrected chi connectivity index (χ1v) is 5.56. The summed E-state index contributed by atoms with van der Waals surface area (Å²) in [5.74, 6) is -1.08. The highest BCUT2D eigenvalue weighted by Gasteiger charge is 2.08. The van der Waals surface area contributed by atoms with Gasteiger partial charge >= 0.3 is 0 Å². The molecule has 1 aromatic carbocycles. The first-order chi connectivity index (χ1) is 9.06. The van der Waals surface area contributed by atoms with E-state index in [4.69, 9.17) is 5.73 Å². The molecule has 0 saturated heterocycles. The average Bonchev–Trinajstić information content (AvgIpc) is 2.37. The van der Waals surface area contributed by atoms with E-state index in [2.05, 4.69) is 5.32 Å². The fourth-order valence-corrected chi connectivity index (χ4v) is 1.57. The number of halogens is 1. The van der Waals surface area contributed by atoms with Crippen LogP contribution in [0.1, 0.15) is 0 Å². The summed E-state index contributed by atoms with van der Waals surface area (Å²) in [4.78, 5) is 23.1. The molecule has 0 bridgehead atoms. The van der Waals surface area contributed by atoms with Crippen LogP contribution in [0.25, 0.3) is 0 Å². The highest BCUT2D eigenvalue weighted by molar-refractivity contribution is 5.91. The third kappa shape index (κ3) is 3.19. The van der Waals surface area contributed by atoms with Gasteiger partial charge in [-0.05, 0) is 24.3 Å². The van der Waals surface area contributed by atoms with E-state index in [1.54, 1.807) is 12.1 Å². The molecular formula is C13H12FN3O2. The van der Waals surface area contributed by atoms with Crippen molar-refractivity contribution < 1.29 is 9.18 Å². The first-order valence-electron chi connectivity index (χ1n) is 5.56. The van der Waals surface area contributed by atoms with Crippen LogP contribution in [0.2, 0.25) is 0 Å². The average molecular weight is 261 g/mol. The van der Waals surface area contributed by atoms with Crippen LogP contribution in [-0.2, 0) is 11.3 Å². The summed E-state index contributed by atoms with van der Waals surface area (Å²) in [6.07, 6.45) is 1.48. The van der Waals surface area contributed by atoms with Crippen LogP contribution in [0.5, 0.6) is 0 Å². The second-order valence-corrected chi connectivity index (χ2v) is 3.95. The Morgan fingerprint density at radius 3 is 2.84 bits per heavy atom. The lowest BCUT2D eigenvalue weighted by molar-refractivity contribution is -0.116. The molecule has 1 amide bonds. The number of nitrogen functional groups attached to an aromatic ring is 1. The molecule has 5 nitrogen and oxygen atoms in total. The van der Waals surface area contributed by atoms with E-state index in [9.17, 15) is 14.0 Å². The zero-order valence-corrected chi connectivity index (χ0v) is 9.97. The Balaban J connectivity index is 2.12. The molecule has 0 radical (unpaired) electrons. The Bertz CT molecular complexity index is 667. The van der Waals surface area contributed by atoms with E-state index in [0.29, 0.717) is 5.69 Å². The quantitative estimate of drug-likeness (QED) is 0.815. The molecule has 0 aliphatic rings. The fourth-order valence-electron chi connectivity index (χ4n) is 1.57. The van der Waals surface area contributed by atoms with E-state index < -0.39 is 11.7 Å². The lowest BCUT2D eigenvalue weighted by atomic mass is 10.2. The van der Waals surface area contributed by atoms with E-state index in [0.717, 1.165) is 0 Å². The smallest absolute Gasteiger partial charge is 0.250 e. The molecule has 19 heavy (non-hydrogen) atoms. The standard InChI is InChI=1S/C13H12FN3O2/c14-10-5-4-9(15)7-11(10)16-12(18)8-17-6-2-1-3-13(17)19/h1-7H,8,15H2,(H,16,18). The predicted octanol–water partition coefficient (Wildman–Crippen LogP) is 1.21. The minimum Gasteiger partial charge on any atom is -0.399 e. The Morgan fingerprint density at radius 2 is 2.11 bits per heavy atom. The maximum absolute atomic E-state index is 13.4. The van der Waals surface area contributed by atoms with Gasteiger partial charge in [-0.2, -0.15) is 0 Å². The van der Waals surface area contributed by atoms with Crippen LogP contribution in [0.4, 0.5) is 15.8 Å². The molecule has 6 heteroatoms. The minimum absolute atomic E-state index is 0.00557. The van der Waals surface area contributed by atoms with Crippen molar-refractivity contribution in [3.63, 3.8) is 0 Å². The van der Waals surface area contributed by atoms with Gasteiger partial charge in [-0.3, -0.25) is 9.59 Å². The number of nitrogens with two attached hydrogens (primary N) is 1. The molecule has 0 spiro atoms. The lowest BCUT2D eigenvalue weighted by Gasteiger charge is -2.08. The number of pyridine rings is 1. The SMILES string of the molecule is Nc1ccc(F)c(NC(=O)Cn2ccccc2=O)c1. The van der Waals surface area contributed by atoms with Gasteiger partial charge in [0.1, 0.15) is 12.4 Å². The number of hydrogen-bond acceptors (Lipinski definition) is 3. The molecule has 0 atom stereocenters. The minimum atomic E-state index is -0.581. The van der Waals surface area contributed by atoms with Gasteiger partial charge < -0.3 is 15.6 Å². The first kappa shape index (κ1) is 12.8. The zero-order chi connectivity index (χ0) is 13.8. The highest BCUT2D eigenvalue weighted by Crippen LogP contribution is 2.17. The number of benzene rings is 1. The number of carbonyl (C=O) groups is 1. The van der Waals surface area contributed by atoms with Crippen LogP contribution < -0.4 is 16.6 Å². The van der Waals surface area contributed by atoms with Gasteiger partial charge in [0, 0.05) is 18.0 Å². The fraction of sp³-hybridized carbons (Fsp3) is 0.0769. The Hall–Kier alpha value is -2.63. The van der Waals surface area contributed by atoms with Gasteiger partial charge in [0.15, 0.2) is 0 Å². The summed E-state index contributed by atoms with van der Waals surface area (Å²) in [7, 11) is 0. The molecule has 2 rings (SSSR count).